The highest BCUT2D eigenvalue weighted by atomic mass is 16.2. The van der Waals surface area contributed by atoms with Crippen LogP contribution < -0.4 is 16.2 Å². The molecule has 6 nitrogen and oxygen atoms in total. The maximum absolute atomic E-state index is 12.3. The number of hydrogen-bond acceptors (Lipinski definition) is 5. The summed E-state index contributed by atoms with van der Waals surface area (Å²) >= 11 is 0. The molecule has 0 atom stereocenters. The lowest BCUT2D eigenvalue weighted by Gasteiger charge is -2.17. The summed E-state index contributed by atoms with van der Waals surface area (Å²) in [6, 6.07) is 7.66. The number of nitrogen functional groups attached to an aromatic ring is 1. The maximum Gasteiger partial charge on any atom is 0.278 e. The zero-order valence-electron chi connectivity index (χ0n) is 10.8. The number of aryl methyl sites for hydroxylation is 1. The van der Waals surface area contributed by atoms with E-state index in [1.165, 1.54) is 17.3 Å². The van der Waals surface area contributed by atoms with Crippen molar-refractivity contribution in [2.24, 2.45) is 5.84 Å². The third-order valence-corrected chi connectivity index (χ3v) is 2.70. The van der Waals surface area contributed by atoms with Gasteiger partial charge >= 0.3 is 0 Å². The highest BCUT2D eigenvalue weighted by Gasteiger charge is 2.15. The van der Waals surface area contributed by atoms with Gasteiger partial charge in [-0.05, 0) is 24.6 Å². The van der Waals surface area contributed by atoms with E-state index in [4.69, 9.17) is 5.84 Å². The normalized spacial score (nSPS) is 10.1. The van der Waals surface area contributed by atoms with E-state index < -0.39 is 0 Å². The van der Waals surface area contributed by atoms with E-state index in [2.05, 4.69) is 15.4 Å². The second-order valence-corrected chi connectivity index (χ2v) is 4.14. The van der Waals surface area contributed by atoms with Crippen LogP contribution in [-0.4, -0.2) is 22.9 Å². The Morgan fingerprint density at radius 1 is 1.37 bits per heavy atom. The molecule has 0 saturated carbocycles. The number of carbonyl (C=O) groups excluding carboxylic acids is 1. The van der Waals surface area contributed by atoms with Crippen molar-refractivity contribution >= 4 is 17.4 Å². The largest absolute Gasteiger partial charge is 0.310 e. The van der Waals surface area contributed by atoms with Gasteiger partial charge in [-0.1, -0.05) is 12.1 Å². The van der Waals surface area contributed by atoms with Crippen molar-refractivity contribution in [1.82, 2.24) is 9.97 Å². The van der Waals surface area contributed by atoms with E-state index in [0.29, 0.717) is 5.82 Å². The Bertz CT molecular complexity index is 599. The predicted octanol–water partition coefficient (Wildman–Crippen LogP) is 1.35. The summed E-state index contributed by atoms with van der Waals surface area (Å²) < 4.78 is 0. The number of nitrogens with zero attached hydrogens (tertiary/aromatic N) is 3. The summed E-state index contributed by atoms with van der Waals surface area (Å²) in [6.45, 7) is 1.97. The molecule has 0 unspecified atom stereocenters. The number of nitrogens with one attached hydrogen (secondary N) is 1. The molecule has 1 heterocycles. The van der Waals surface area contributed by atoms with Gasteiger partial charge in [-0.2, -0.15) is 0 Å². The molecule has 0 aliphatic heterocycles. The molecule has 0 fully saturated rings. The third kappa shape index (κ3) is 2.86. The van der Waals surface area contributed by atoms with Gasteiger partial charge in [0.2, 0.25) is 0 Å². The van der Waals surface area contributed by atoms with Crippen molar-refractivity contribution in [1.29, 1.82) is 0 Å². The zero-order valence-corrected chi connectivity index (χ0v) is 10.8. The summed E-state index contributed by atoms with van der Waals surface area (Å²) in [5.41, 5.74) is 4.49. The SMILES string of the molecule is Cc1cccc(N(C)C(=O)c2cncc(NN)n2)c1. The quantitative estimate of drug-likeness (QED) is 0.640. The molecule has 0 radical (unpaired) electrons. The van der Waals surface area contributed by atoms with E-state index >= 15 is 0 Å². The molecule has 0 saturated heterocycles. The monoisotopic (exact) mass is 257 g/mol. The van der Waals surface area contributed by atoms with Crippen molar-refractivity contribution in [3.63, 3.8) is 0 Å². The summed E-state index contributed by atoms with van der Waals surface area (Å²) in [6.07, 6.45) is 2.86. The maximum atomic E-state index is 12.3. The number of benzene rings is 1. The number of hydrazine groups is 1. The zero-order chi connectivity index (χ0) is 13.8. The van der Waals surface area contributed by atoms with Crippen molar-refractivity contribution in [3.8, 4) is 0 Å². The second-order valence-electron chi connectivity index (χ2n) is 4.14. The first-order valence-electron chi connectivity index (χ1n) is 5.75. The highest BCUT2D eigenvalue weighted by molar-refractivity contribution is 6.04. The van der Waals surface area contributed by atoms with Crippen molar-refractivity contribution < 1.29 is 4.79 Å². The second kappa shape index (κ2) is 5.45. The summed E-state index contributed by atoms with van der Waals surface area (Å²) in [5.74, 6) is 5.36. The minimum absolute atomic E-state index is 0.236. The van der Waals surface area contributed by atoms with Crippen molar-refractivity contribution in [2.45, 2.75) is 6.92 Å². The molecule has 0 aliphatic carbocycles. The van der Waals surface area contributed by atoms with Crippen LogP contribution in [0.5, 0.6) is 0 Å². The Morgan fingerprint density at radius 3 is 2.84 bits per heavy atom. The number of nitrogens with two attached hydrogens (primary N) is 1. The molecule has 1 amide bonds. The van der Waals surface area contributed by atoms with Crippen LogP contribution in [0.25, 0.3) is 0 Å². The Hall–Kier alpha value is -2.47. The van der Waals surface area contributed by atoms with Crippen LogP contribution in [0.3, 0.4) is 0 Å². The summed E-state index contributed by atoms with van der Waals surface area (Å²) in [4.78, 5) is 21.8. The van der Waals surface area contributed by atoms with Crippen LogP contribution in [-0.2, 0) is 0 Å². The fourth-order valence-electron chi connectivity index (χ4n) is 1.66. The van der Waals surface area contributed by atoms with Crippen LogP contribution in [0.15, 0.2) is 36.7 Å². The first-order valence-corrected chi connectivity index (χ1v) is 5.75. The lowest BCUT2D eigenvalue weighted by molar-refractivity contribution is 0.0988. The lowest BCUT2D eigenvalue weighted by atomic mass is 10.2. The van der Waals surface area contributed by atoms with Crippen molar-refractivity contribution in [3.05, 3.63) is 47.9 Å². The third-order valence-electron chi connectivity index (χ3n) is 2.70. The number of rotatable bonds is 3. The number of carbonyl (C=O) groups is 1. The van der Waals surface area contributed by atoms with Crippen LogP contribution >= 0.6 is 0 Å². The smallest absolute Gasteiger partial charge is 0.278 e. The van der Waals surface area contributed by atoms with Gasteiger partial charge in [0.25, 0.3) is 5.91 Å². The molecule has 19 heavy (non-hydrogen) atoms. The van der Waals surface area contributed by atoms with Gasteiger partial charge in [-0.25, -0.2) is 10.8 Å². The van der Waals surface area contributed by atoms with E-state index in [1.54, 1.807) is 7.05 Å². The Morgan fingerprint density at radius 2 is 2.16 bits per heavy atom. The Balaban J connectivity index is 2.28. The van der Waals surface area contributed by atoms with E-state index in [0.717, 1.165) is 11.3 Å². The van der Waals surface area contributed by atoms with Gasteiger partial charge in [-0.15, -0.1) is 0 Å². The van der Waals surface area contributed by atoms with Gasteiger partial charge in [-0.3, -0.25) is 9.78 Å². The van der Waals surface area contributed by atoms with E-state index in [9.17, 15) is 4.79 Å². The van der Waals surface area contributed by atoms with Gasteiger partial charge < -0.3 is 10.3 Å². The van der Waals surface area contributed by atoms with Crippen LogP contribution in [0, 0.1) is 6.92 Å². The van der Waals surface area contributed by atoms with E-state index in [-0.39, 0.29) is 11.6 Å². The molecule has 3 N–H and O–H groups in total. The summed E-state index contributed by atoms with van der Waals surface area (Å²) in [7, 11) is 1.70. The number of amides is 1. The average Bonchev–Trinajstić information content (AvgIpc) is 2.45. The molecule has 1 aromatic carbocycles. The molecular formula is C13H15N5O. The van der Waals surface area contributed by atoms with E-state index in [1.807, 2.05) is 31.2 Å². The standard InChI is InChI=1S/C13H15N5O/c1-9-4-3-5-10(6-9)18(2)13(19)11-7-15-8-12(16-11)17-14/h3-8H,14H2,1-2H3,(H,16,17). The van der Waals surface area contributed by atoms with Gasteiger partial charge in [0, 0.05) is 12.7 Å². The Labute approximate surface area is 111 Å². The molecule has 0 bridgehead atoms. The minimum atomic E-state index is -0.241. The van der Waals surface area contributed by atoms with Gasteiger partial charge in [0.15, 0.2) is 5.82 Å². The number of anilines is 2. The lowest BCUT2D eigenvalue weighted by Crippen LogP contribution is -2.27. The topological polar surface area (TPSA) is 84.1 Å². The number of hydrogen-bond donors (Lipinski definition) is 2. The highest BCUT2D eigenvalue weighted by Crippen LogP contribution is 2.16. The molecule has 0 aliphatic rings. The number of aromatic nitrogens is 2. The summed E-state index contributed by atoms with van der Waals surface area (Å²) in [5, 5.41) is 0. The van der Waals surface area contributed by atoms with Crippen LogP contribution in [0.4, 0.5) is 11.5 Å². The fourth-order valence-corrected chi connectivity index (χ4v) is 1.66. The first-order chi connectivity index (χ1) is 9.11. The molecule has 98 valence electrons. The first kappa shape index (κ1) is 13.0. The van der Waals surface area contributed by atoms with Crippen molar-refractivity contribution in [2.75, 3.05) is 17.4 Å². The van der Waals surface area contributed by atoms with Crippen LogP contribution in [0.2, 0.25) is 0 Å². The molecule has 2 aromatic rings. The molecule has 0 spiro atoms. The predicted molar refractivity (Wildman–Crippen MR) is 73.8 cm³/mol. The van der Waals surface area contributed by atoms with Gasteiger partial charge in [0.05, 0.1) is 12.4 Å². The minimum Gasteiger partial charge on any atom is -0.310 e. The molecule has 1 aromatic heterocycles. The molecule has 6 heteroatoms. The van der Waals surface area contributed by atoms with Gasteiger partial charge in [0.1, 0.15) is 5.69 Å². The van der Waals surface area contributed by atoms with Crippen LogP contribution in [0.1, 0.15) is 16.1 Å². The Kier molecular flexibility index (Phi) is 3.72. The molecule has 2 rings (SSSR count). The average molecular weight is 257 g/mol. The molecular weight excluding hydrogens is 242 g/mol. The fraction of sp³-hybridized carbons (Fsp3) is 0.154.